The van der Waals surface area contributed by atoms with E-state index in [0.717, 1.165) is 29.5 Å². The van der Waals surface area contributed by atoms with Crippen molar-refractivity contribution in [3.63, 3.8) is 0 Å². The fourth-order valence-corrected chi connectivity index (χ4v) is 7.82. The van der Waals surface area contributed by atoms with Gasteiger partial charge in [0.1, 0.15) is 0 Å². The van der Waals surface area contributed by atoms with E-state index in [4.69, 9.17) is 0 Å². The minimum absolute atomic E-state index is 0.0216. The minimum atomic E-state index is -2.95. The van der Waals surface area contributed by atoms with Gasteiger partial charge in [0, 0.05) is 49.5 Å². The van der Waals surface area contributed by atoms with Gasteiger partial charge < -0.3 is 15.1 Å². The van der Waals surface area contributed by atoms with Crippen LogP contribution in [0.1, 0.15) is 5.56 Å². The molecule has 1 aromatic carbocycles. The van der Waals surface area contributed by atoms with E-state index in [1.54, 1.807) is 18.5 Å². The molecule has 0 radical (unpaired) electrons. The van der Waals surface area contributed by atoms with Crippen LogP contribution in [0.15, 0.2) is 47.7 Å². The van der Waals surface area contributed by atoms with Gasteiger partial charge in [0.15, 0.2) is 15.0 Å². The topological polar surface area (TPSA) is 108 Å². The standard InChI is InChI=1S/C21H24N6O3S2/c28-19(26-8-10-27(11-9-26)20-22-6-1-7-23-20)12-15-2-4-16(5-3-15)24-21-25-17-13-32(29,30)14-18(17)31-21/h1-7,17-18H,8-14H2,(H,24,25)/t17-,18+/m1/s1. The van der Waals surface area contributed by atoms with E-state index in [0.29, 0.717) is 25.5 Å². The van der Waals surface area contributed by atoms with Crippen LogP contribution >= 0.6 is 11.8 Å². The molecular formula is C21H24N6O3S2. The Kier molecular flexibility index (Phi) is 5.76. The lowest BCUT2D eigenvalue weighted by atomic mass is 10.1. The van der Waals surface area contributed by atoms with Crippen LogP contribution in [0.25, 0.3) is 0 Å². The fraction of sp³-hybridized carbons (Fsp3) is 0.429. The Hall–Kier alpha value is -2.66. The molecular weight excluding hydrogens is 448 g/mol. The summed E-state index contributed by atoms with van der Waals surface area (Å²) in [5.74, 6) is 1.16. The zero-order valence-corrected chi connectivity index (χ0v) is 19.1. The Morgan fingerprint density at radius 2 is 1.78 bits per heavy atom. The van der Waals surface area contributed by atoms with Gasteiger partial charge in [-0.2, -0.15) is 0 Å². The number of nitrogens with zero attached hydrogens (tertiary/aromatic N) is 5. The largest absolute Gasteiger partial charge is 0.339 e. The molecule has 3 aliphatic rings. The van der Waals surface area contributed by atoms with Gasteiger partial charge in [0.25, 0.3) is 0 Å². The molecule has 0 saturated carbocycles. The van der Waals surface area contributed by atoms with E-state index in [1.165, 1.54) is 11.8 Å². The molecule has 5 rings (SSSR count). The van der Waals surface area contributed by atoms with Crippen LogP contribution in [0.5, 0.6) is 0 Å². The lowest BCUT2D eigenvalue weighted by Gasteiger charge is -2.34. The maximum Gasteiger partial charge on any atom is 0.227 e. The van der Waals surface area contributed by atoms with E-state index in [-0.39, 0.29) is 28.7 Å². The van der Waals surface area contributed by atoms with Gasteiger partial charge in [0.2, 0.25) is 11.9 Å². The molecule has 1 aromatic heterocycles. The molecule has 2 saturated heterocycles. The van der Waals surface area contributed by atoms with Crippen molar-refractivity contribution in [2.24, 2.45) is 4.99 Å². The summed E-state index contributed by atoms with van der Waals surface area (Å²) < 4.78 is 23.4. The van der Waals surface area contributed by atoms with E-state index in [1.807, 2.05) is 29.2 Å². The Balaban J connectivity index is 1.12. The molecule has 2 fully saturated rings. The molecule has 32 heavy (non-hydrogen) atoms. The Morgan fingerprint density at radius 3 is 2.47 bits per heavy atom. The zero-order valence-electron chi connectivity index (χ0n) is 17.4. The number of carbonyl (C=O) groups is 1. The van der Waals surface area contributed by atoms with Crippen LogP contribution in [0.4, 0.5) is 11.6 Å². The highest BCUT2D eigenvalue weighted by molar-refractivity contribution is 8.15. The van der Waals surface area contributed by atoms with Gasteiger partial charge in [-0.3, -0.25) is 9.79 Å². The molecule has 1 amide bonds. The monoisotopic (exact) mass is 472 g/mol. The highest BCUT2D eigenvalue weighted by Gasteiger charge is 2.42. The van der Waals surface area contributed by atoms with Crippen molar-refractivity contribution in [1.29, 1.82) is 0 Å². The Bertz CT molecular complexity index is 1120. The lowest BCUT2D eigenvalue weighted by molar-refractivity contribution is -0.130. The van der Waals surface area contributed by atoms with Gasteiger partial charge in [-0.1, -0.05) is 23.9 Å². The molecule has 168 valence electrons. The van der Waals surface area contributed by atoms with Crippen molar-refractivity contribution in [3.8, 4) is 0 Å². The second kappa shape index (κ2) is 8.70. The lowest BCUT2D eigenvalue weighted by Crippen LogP contribution is -2.49. The van der Waals surface area contributed by atoms with Crippen molar-refractivity contribution >= 4 is 44.3 Å². The highest BCUT2D eigenvalue weighted by atomic mass is 32.2. The van der Waals surface area contributed by atoms with Crippen LogP contribution in [0.3, 0.4) is 0 Å². The molecule has 9 nitrogen and oxygen atoms in total. The average Bonchev–Trinajstić information content (AvgIpc) is 3.28. The number of rotatable bonds is 4. The quantitative estimate of drug-likeness (QED) is 0.704. The van der Waals surface area contributed by atoms with E-state index >= 15 is 0 Å². The zero-order chi connectivity index (χ0) is 22.1. The highest BCUT2D eigenvalue weighted by Crippen LogP contribution is 2.34. The number of aromatic nitrogens is 2. The number of carbonyl (C=O) groups excluding carboxylic acids is 1. The predicted molar refractivity (Wildman–Crippen MR) is 126 cm³/mol. The SMILES string of the molecule is O=C(Cc1ccc(NC2=N[C@@H]3CS(=O)(=O)C[C@@H]3S2)cc1)N1CCN(c2ncccn2)CC1. The number of nitrogens with one attached hydrogen (secondary N) is 1. The number of sulfone groups is 1. The van der Waals surface area contributed by atoms with Crippen LogP contribution in [-0.2, 0) is 21.1 Å². The van der Waals surface area contributed by atoms with Crippen LogP contribution in [0, 0.1) is 0 Å². The number of aliphatic imine (C=N–C) groups is 1. The molecule has 0 unspecified atom stereocenters. The maximum absolute atomic E-state index is 12.7. The van der Waals surface area contributed by atoms with Gasteiger partial charge in [-0.05, 0) is 23.8 Å². The molecule has 0 bridgehead atoms. The summed E-state index contributed by atoms with van der Waals surface area (Å²) in [6.07, 6.45) is 3.82. The smallest absolute Gasteiger partial charge is 0.227 e. The summed E-state index contributed by atoms with van der Waals surface area (Å²) in [6.45, 7) is 2.76. The second-order valence-electron chi connectivity index (χ2n) is 8.15. The number of hydrogen-bond acceptors (Lipinski definition) is 9. The normalized spacial score (nSPS) is 24.2. The number of thioether (sulfide) groups is 1. The third-order valence-corrected chi connectivity index (χ3v) is 8.99. The predicted octanol–water partition coefficient (Wildman–Crippen LogP) is 1.05. The number of benzene rings is 1. The number of amides is 1. The molecule has 3 aliphatic heterocycles. The van der Waals surface area contributed by atoms with E-state index in [2.05, 4.69) is 25.2 Å². The first-order chi connectivity index (χ1) is 15.4. The molecule has 0 aliphatic carbocycles. The van der Waals surface area contributed by atoms with Crippen molar-refractivity contribution in [3.05, 3.63) is 48.3 Å². The molecule has 2 aromatic rings. The van der Waals surface area contributed by atoms with E-state index < -0.39 is 9.84 Å². The summed E-state index contributed by atoms with van der Waals surface area (Å²) in [5.41, 5.74) is 1.84. The number of piperazine rings is 1. The second-order valence-corrected chi connectivity index (χ2v) is 11.5. The third kappa shape index (κ3) is 4.73. The first-order valence-corrected chi connectivity index (χ1v) is 13.3. The molecule has 2 atom stereocenters. The summed E-state index contributed by atoms with van der Waals surface area (Å²) in [5, 5.41) is 4.05. The first kappa shape index (κ1) is 21.2. The first-order valence-electron chi connectivity index (χ1n) is 10.6. The Morgan fingerprint density at radius 1 is 1.06 bits per heavy atom. The van der Waals surface area contributed by atoms with Crippen LogP contribution in [0.2, 0.25) is 0 Å². The maximum atomic E-state index is 12.7. The van der Waals surface area contributed by atoms with Gasteiger partial charge in [0.05, 0.1) is 24.0 Å². The summed E-state index contributed by atoms with van der Waals surface area (Å²) in [6, 6.07) is 9.40. The van der Waals surface area contributed by atoms with Crippen molar-refractivity contribution in [2.75, 3.05) is 47.9 Å². The van der Waals surface area contributed by atoms with Crippen LogP contribution in [-0.4, -0.2) is 83.3 Å². The number of hydrogen-bond donors (Lipinski definition) is 1. The fourth-order valence-electron chi connectivity index (χ4n) is 4.14. The van der Waals surface area contributed by atoms with Crippen LogP contribution < -0.4 is 10.2 Å². The number of amidine groups is 1. The average molecular weight is 473 g/mol. The van der Waals surface area contributed by atoms with Gasteiger partial charge in [-0.15, -0.1) is 0 Å². The van der Waals surface area contributed by atoms with Crippen molar-refractivity contribution in [1.82, 2.24) is 14.9 Å². The van der Waals surface area contributed by atoms with Crippen molar-refractivity contribution < 1.29 is 13.2 Å². The third-order valence-electron chi connectivity index (χ3n) is 5.85. The summed E-state index contributed by atoms with van der Waals surface area (Å²) >= 11 is 1.50. The molecule has 0 spiro atoms. The van der Waals surface area contributed by atoms with Gasteiger partial charge >= 0.3 is 0 Å². The minimum Gasteiger partial charge on any atom is -0.339 e. The molecule has 4 heterocycles. The van der Waals surface area contributed by atoms with Crippen molar-refractivity contribution in [2.45, 2.75) is 17.7 Å². The number of anilines is 2. The molecule has 11 heteroatoms. The summed E-state index contributed by atoms with van der Waals surface area (Å²) in [4.78, 5) is 29.8. The summed E-state index contributed by atoms with van der Waals surface area (Å²) in [7, 11) is -2.95. The van der Waals surface area contributed by atoms with Gasteiger partial charge in [-0.25, -0.2) is 18.4 Å². The van der Waals surface area contributed by atoms with E-state index in [9.17, 15) is 13.2 Å². The molecule has 1 N–H and O–H groups in total. The Labute approximate surface area is 191 Å². The number of fused-ring (bicyclic) bond motifs is 1.